The van der Waals surface area contributed by atoms with E-state index in [1.54, 1.807) is 0 Å². The predicted molar refractivity (Wildman–Crippen MR) is 41.7 cm³/mol. The quantitative estimate of drug-likeness (QED) is 0.364. The number of hydrogen-bond acceptors (Lipinski definition) is 6. The number of carbonyl (C=O) groups excluding carboxylic acids is 1. The molecule has 0 aromatic rings. The number of esters is 1. The standard InChI is InChI=1S/C7H14O6/c1-4(9)7(12)13-3-6(11)5(10)2-8/h4-6,8-11H,2-3H2,1H3/t4?,5-,6-/m1/s1. The number of aliphatic hydroxyl groups is 4. The van der Waals surface area contributed by atoms with Gasteiger partial charge < -0.3 is 25.2 Å². The molecule has 0 aromatic heterocycles. The fourth-order valence-electron chi connectivity index (χ4n) is 0.521. The van der Waals surface area contributed by atoms with Crippen LogP contribution in [0.4, 0.5) is 0 Å². The molecule has 0 saturated carbocycles. The molecule has 0 aromatic carbocycles. The van der Waals surface area contributed by atoms with E-state index >= 15 is 0 Å². The monoisotopic (exact) mass is 194 g/mol. The average Bonchev–Trinajstić information content (AvgIpc) is 2.11. The van der Waals surface area contributed by atoms with Crippen LogP contribution in [0.2, 0.25) is 0 Å². The van der Waals surface area contributed by atoms with Gasteiger partial charge >= 0.3 is 5.97 Å². The first-order valence-corrected chi connectivity index (χ1v) is 3.80. The maximum atomic E-state index is 10.6. The summed E-state index contributed by atoms with van der Waals surface area (Å²) in [7, 11) is 0. The molecule has 4 N–H and O–H groups in total. The predicted octanol–water partition coefficient (Wildman–Crippen LogP) is -2.38. The van der Waals surface area contributed by atoms with Crippen molar-refractivity contribution >= 4 is 5.97 Å². The highest BCUT2D eigenvalue weighted by Crippen LogP contribution is 1.95. The highest BCUT2D eigenvalue weighted by atomic mass is 16.6. The molecule has 0 aliphatic heterocycles. The number of aliphatic hydroxyl groups excluding tert-OH is 4. The van der Waals surface area contributed by atoms with E-state index in [0.717, 1.165) is 0 Å². The minimum atomic E-state index is -1.35. The molecule has 0 fully saturated rings. The van der Waals surface area contributed by atoms with E-state index < -0.39 is 37.5 Å². The number of ether oxygens (including phenoxy) is 1. The Bertz CT molecular complexity index is 157. The number of rotatable bonds is 5. The minimum Gasteiger partial charge on any atom is -0.461 e. The molecule has 6 nitrogen and oxygen atoms in total. The van der Waals surface area contributed by atoms with E-state index in [4.69, 9.17) is 20.4 Å². The van der Waals surface area contributed by atoms with E-state index in [2.05, 4.69) is 4.74 Å². The molecule has 0 radical (unpaired) electrons. The summed E-state index contributed by atoms with van der Waals surface area (Å²) in [5.74, 6) is -0.885. The van der Waals surface area contributed by atoms with Crippen LogP contribution in [-0.2, 0) is 9.53 Å². The molecule has 0 aliphatic carbocycles. The van der Waals surface area contributed by atoms with Gasteiger partial charge in [0.2, 0.25) is 0 Å². The van der Waals surface area contributed by atoms with Crippen LogP contribution < -0.4 is 0 Å². The highest BCUT2D eigenvalue weighted by Gasteiger charge is 2.18. The summed E-state index contributed by atoms with van der Waals surface area (Å²) < 4.78 is 4.38. The van der Waals surface area contributed by atoms with Crippen LogP contribution in [0.3, 0.4) is 0 Å². The van der Waals surface area contributed by atoms with E-state index in [1.165, 1.54) is 6.92 Å². The Labute approximate surface area is 75.4 Å². The van der Waals surface area contributed by atoms with Gasteiger partial charge in [-0.2, -0.15) is 0 Å². The first-order chi connectivity index (χ1) is 5.99. The Morgan fingerprint density at radius 3 is 2.23 bits per heavy atom. The van der Waals surface area contributed by atoms with Crippen LogP contribution in [-0.4, -0.2) is 57.9 Å². The summed E-state index contributed by atoms with van der Waals surface area (Å²) in [5, 5.41) is 34.8. The van der Waals surface area contributed by atoms with Crippen LogP contribution in [0.1, 0.15) is 6.92 Å². The minimum absolute atomic E-state index is 0.453. The van der Waals surface area contributed by atoms with Crippen molar-refractivity contribution in [3.05, 3.63) is 0 Å². The van der Waals surface area contributed by atoms with Gasteiger partial charge in [0.15, 0.2) is 0 Å². The second-order valence-corrected chi connectivity index (χ2v) is 2.62. The van der Waals surface area contributed by atoms with Crippen molar-refractivity contribution < 1.29 is 30.0 Å². The van der Waals surface area contributed by atoms with Gasteiger partial charge in [-0.05, 0) is 6.92 Å². The van der Waals surface area contributed by atoms with Gasteiger partial charge in [-0.25, -0.2) is 4.79 Å². The Morgan fingerprint density at radius 2 is 1.85 bits per heavy atom. The van der Waals surface area contributed by atoms with Crippen molar-refractivity contribution in [2.24, 2.45) is 0 Å². The van der Waals surface area contributed by atoms with Gasteiger partial charge in [-0.3, -0.25) is 0 Å². The van der Waals surface area contributed by atoms with E-state index in [1.807, 2.05) is 0 Å². The molecule has 0 spiro atoms. The highest BCUT2D eigenvalue weighted by molar-refractivity contribution is 5.73. The molecule has 0 heterocycles. The van der Waals surface area contributed by atoms with Crippen LogP contribution in [0.25, 0.3) is 0 Å². The molecule has 0 amide bonds. The van der Waals surface area contributed by atoms with Gasteiger partial charge in [0.05, 0.1) is 6.61 Å². The molecule has 0 bridgehead atoms. The molecule has 0 saturated heterocycles. The average molecular weight is 194 g/mol. The number of carbonyl (C=O) groups is 1. The first kappa shape index (κ1) is 12.3. The van der Waals surface area contributed by atoms with Crippen molar-refractivity contribution in [2.75, 3.05) is 13.2 Å². The summed E-state index contributed by atoms with van der Waals surface area (Å²) >= 11 is 0. The van der Waals surface area contributed by atoms with Crippen LogP contribution in [0.15, 0.2) is 0 Å². The second-order valence-electron chi connectivity index (χ2n) is 2.62. The fraction of sp³-hybridized carbons (Fsp3) is 0.857. The summed E-state index contributed by atoms with van der Waals surface area (Å²) in [6, 6.07) is 0. The zero-order chi connectivity index (χ0) is 10.4. The number of hydrogen-bond donors (Lipinski definition) is 4. The van der Waals surface area contributed by atoms with Gasteiger partial charge in [0.1, 0.15) is 24.9 Å². The lowest BCUT2D eigenvalue weighted by Crippen LogP contribution is -2.35. The molecule has 13 heavy (non-hydrogen) atoms. The largest absolute Gasteiger partial charge is 0.461 e. The molecule has 3 atom stereocenters. The third-order valence-corrected chi connectivity index (χ3v) is 1.37. The maximum absolute atomic E-state index is 10.6. The summed E-state index contributed by atoms with van der Waals surface area (Å²) in [6.07, 6.45) is -3.95. The SMILES string of the molecule is CC(O)C(=O)OC[C@@H](O)[C@H](O)CO. The van der Waals surface area contributed by atoms with Gasteiger partial charge in [-0.15, -0.1) is 0 Å². The molecule has 6 heteroatoms. The Kier molecular flexibility index (Phi) is 5.56. The molecular weight excluding hydrogens is 180 g/mol. The van der Waals surface area contributed by atoms with Gasteiger partial charge in [0, 0.05) is 0 Å². The third kappa shape index (κ3) is 4.79. The molecule has 0 aliphatic rings. The summed E-state index contributed by atoms with van der Waals surface area (Å²) in [6.45, 7) is 0.149. The van der Waals surface area contributed by atoms with Gasteiger partial charge in [0.25, 0.3) is 0 Å². The lowest BCUT2D eigenvalue weighted by molar-refractivity contribution is -0.158. The molecule has 78 valence electrons. The van der Waals surface area contributed by atoms with Crippen molar-refractivity contribution in [1.29, 1.82) is 0 Å². The third-order valence-electron chi connectivity index (χ3n) is 1.37. The summed E-state index contributed by atoms with van der Waals surface area (Å²) in [5.41, 5.74) is 0. The van der Waals surface area contributed by atoms with Crippen molar-refractivity contribution in [3.8, 4) is 0 Å². The van der Waals surface area contributed by atoms with E-state index in [0.29, 0.717) is 0 Å². The molecule has 1 unspecified atom stereocenters. The normalized spacial score (nSPS) is 17.6. The lowest BCUT2D eigenvalue weighted by atomic mass is 10.2. The second kappa shape index (κ2) is 5.87. The zero-order valence-corrected chi connectivity index (χ0v) is 7.25. The molecular formula is C7H14O6. The van der Waals surface area contributed by atoms with Crippen LogP contribution in [0, 0.1) is 0 Å². The fourth-order valence-corrected chi connectivity index (χ4v) is 0.521. The lowest BCUT2D eigenvalue weighted by Gasteiger charge is -2.15. The van der Waals surface area contributed by atoms with Gasteiger partial charge in [-0.1, -0.05) is 0 Å². The van der Waals surface area contributed by atoms with Crippen molar-refractivity contribution in [3.63, 3.8) is 0 Å². The Balaban J connectivity index is 3.69. The maximum Gasteiger partial charge on any atom is 0.334 e. The van der Waals surface area contributed by atoms with E-state index in [-0.39, 0.29) is 0 Å². The Morgan fingerprint density at radius 1 is 1.31 bits per heavy atom. The van der Waals surface area contributed by atoms with Crippen molar-refractivity contribution in [2.45, 2.75) is 25.2 Å². The van der Waals surface area contributed by atoms with Crippen molar-refractivity contribution in [1.82, 2.24) is 0 Å². The summed E-state index contributed by atoms with van der Waals surface area (Å²) in [4.78, 5) is 10.6. The van der Waals surface area contributed by atoms with Crippen LogP contribution >= 0.6 is 0 Å². The smallest absolute Gasteiger partial charge is 0.334 e. The zero-order valence-electron chi connectivity index (χ0n) is 7.25. The first-order valence-electron chi connectivity index (χ1n) is 3.80. The van der Waals surface area contributed by atoms with Crippen LogP contribution in [0.5, 0.6) is 0 Å². The molecule has 0 rings (SSSR count). The Hall–Kier alpha value is -0.690. The van der Waals surface area contributed by atoms with E-state index in [9.17, 15) is 4.79 Å². The topological polar surface area (TPSA) is 107 Å².